The molecule has 0 aliphatic carbocycles. The van der Waals surface area contributed by atoms with E-state index in [1.54, 1.807) is 11.3 Å². The van der Waals surface area contributed by atoms with Gasteiger partial charge in [-0.1, -0.05) is 52.0 Å². The number of hydrogen-bond acceptors (Lipinski definition) is 3. The first-order chi connectivity index (χ1) is 10.8. The maximum absolute atomic E-state index is 12.5. The molecule has 1 N–H and O–H groups in total. The molecular formula is C19H22N2OS. The first kappa shape index (κ1) is 15.9. The van der Waals surface area contributed by atoms with Gasteiger partial charge in [0, 0.05) is 16.9 Å². The van der Waals surface area contributed by atoms with E-state index >= 15 is 0 Å². The van der Waals surface area contributed by atoms with Crippen LogP contribution >= 0.6 is 11.3 Å². The zero-order valence-corrected chi connectivity index (χ0v) is 15.1. The second-order valence-corrected chi connectivity index (χ2v) is 8.11. The average molecular weight is 326 g/mol. The number of rotatable bonds is 2. The maximum Gasteiger partial charge on any atom is 0.260 e. The number of hydrogen-bond donors (Lipinski definition) is 1. The largest absolute Gasteiger partial charge is 0.310 e. The number of benzene rings is 1. The van der Waals surface area contributed by atoms with Crippen LogP contribution in [0.3, 0.4) is 0 Å². The Bertz CT molecular complexity index is 911. The van der Waals surface area contributed by atoms with Crippen LogP contribution < -0.4 is 5.56 Å². The minimum Gasteiger partial charge on any atom is -0.310 e. The van der Waals surface area contributed by atoms with Crippen molar-refractivity contribution in [2.75, 3.05) is 0 Å². The molecule has 0 atom stereocenters. The minimum absolute atomic E-state index is 0.0360. The first-order valence-electron chi connectivity index (χ1n) is 7.94. The highest BCUT2D eigenvalue weighted by Gasteiger charge is 2.18. The standard InChI is InChI=1S/C19H22N2OS/c1-6-14-20-17(22)16-15(11(2)23-18(16)21-14)12-7-9-13(10-8-12)19(3,4)5/h7-10H,6H2,1-5H3,(H,20,21,22). The summed E-state index contributed by atoms with van der Waals surface area (Å²) in [5.41, 5.74) is 3.48. The average Bonchev–Trinajstić information content (AvgIpc) is 2.83. The molecule has 0 saturated carbocycles. The van der Waals surface area contributed by atoms with Gasteiger partial charge in [-0.25, -0.2) is 4.98 Å². The molecule has 4 heteroatoms. The molecule has 0 saturated heterocycles. The van der Waals surface area contributed by atoms with Gasteiger partial charge in [0.05, 0.1) is 5.39 Å². The third-order valence-corrected chi connectivity index (χ3v) is 5.16. The Kier molecular flexibility index (Phi) is 3.88. The van der Waals surface area contributed by atoms with Gasteiger partial charge in [-0.2, -0.15) is 0 Å². The molecule has 0 fully saturated rings. The van der Waals surface area contributed by atoms with Crippen molar-refractivity contribution in [1.82, 2.24) is 9.97 Å². The second-order valence-electron chi connectivity index (χ2n) is 6.91. The Labute approximate surface area is 140 Å². The summed E-state index contributed by atoms with van der Waals surface area (Å²) in [6.45, 7) is 10.7. The highest BCUT2D eigenvalue weighted by molar-refractivity contribution is 7.19. The highest BCUT2D eigenvalue weighted by atomic mass is 32.1. The van der Waals surface area contributed by atoms with Gasteiger partial charge in [-0.05, 0) is 23.5 Å². The van der Waals surface area contributed by atoms with Crippen molar-refractivity contribution in [2.45, 2.75) is 46.5 Å². The molecular weight excluding hydrogens is 304 g/mol. The Morgan fingerprint density at radius 1 is 1.17 bits per heavy atom. The fraction of sp³-hybridized carbons (Fsp3) is 0.368. The summed E-state index contributed by atoms with van der Waals surface area (Å²) in [7, 11) is 0. The summed E-state index contributed by atoms with van der Waals surface area (Å²) in [4.78, 5) is 21.9. The normalized spacial score (nSPS) is 12.0. The van der Waals surface area contributed by atoms with Gasteiger partial charge >= 0.3 is 0 Å². The second kappa shape index (κ2) is 5.60. The maximum atomic E-state index is 12.5. The van der Waals surface area contributed by atoms with Gasteiger partial charge in [0.25, 0.3) is 5.56 Å². The van der Waals surface area contributed by atoms with Crippen molar-refractivity contribution < 1.29 is 0 Å². The van der Waals surface area contributed by atoms with Crippen LogP contribution in [-0.4, -0.2) is 9.97 Å². The van der Waals surface area contributed by atoms with Crippen LogP contribution in [0.2, 0.25) is 0 Å². The van der Waals surface area contributed by atoms with Crippen molar-refractivity contribution in [3.05, 3.63) is 50.9 Å². The van der Waals surface area contributed by atoms with Crippen molar-refractivity contribution >= 4 is 21.6 Å². The Hall–Kier alpha value is -1.94. The SMILES string of the molecule is CCc1nc2sc(C)c(-c3ccc(C(C)(C)C)cc3)c2c(=O)[nH]1. The quantitative estimate of drug-likeness (QED) is 0.734. The number of aromatic amines is 1. The van der Waals surface area contributed by atoms with E-state index < -0.39 is 0 Å². The zero-order chi connectivity index (χ0) is 16.8. The zero-order valence-electron chi connectivity index (χ0n) is 14.3. The molecule has 3 rings (SSSR count). The van der Waals surface area contributed by atoms with Gasteiger partial charge in [0.1, 0.15) is 10.7 Å². The molecule has 3 aromatic rings. The van der Waals surface area contributed by atoms with E-state index in [1.165, 1.54) is 5.56 Å². The summed E-state index contributed by atoms with van der Waals surface area (Å²) >= 11 is 1.60. The smallest absolute Gasteiger partial charge is 0.260 e. The summed E-state index contributed by atoms with van der Waals surface area (Å²) in [6, 6.07) is 8.53. The van der Waals surface area contributed by atoms with Gasteiger partial charge in [-0.15, -0.1) is 11.3 Å². The summed E-state index contributed by atoms with van der Waals surface area (Å²) in [6.07, 6.45) is 0.734. The number of nitrogens with zero attached hydrogens (tertiary/aromatic N) is 1. The molecule has 0 radical (unpaired) electrons. The molecule has 0 unspecified atom stereocenters. The fourth-order valence-electron chi connectivity index (χ4n) is 2.82. The third-order valence-electron chi connectivity index (χ3n) is 4.16. The van der Waals surface area contributed by atoms with Crippen molar-refractivity contribution in [3.8, 4) is 11.1 Å². The molecule has 0 aliphatic rings. The molecule has 3 nitrogen and oxygen atoms in total. The number of fused-ring (bicyclic) bond motifs is 1. The van der Waals surface area contributed by atoms with E-state index in [0.717, 1.165) is 33.1 Å². The molecule has 120 valence electrons. The molecule has 0 spiro atoms. The van der Waals surface area contributed by atoms with E-state index in [0.29, 0.717) is 5.39 Å². The number of H-pyrrole nitrogens is 1. The van der Waals surface area contributed by atoms with Crippen LogP contribution in [0.1, 0.15) is 44.0 Å². The van der Waals surface area contributed by atoms with Crippen LogP contribution in [0.5, 0.6) is 0 Å². The van der Waals surface area contributed by atoms with E-state index in [2.05, 4.69) is 61.9 Å². The van der Waals surface area contributed by atoms with Crippen molar-refractivity contribution in [1.29, 1.82) is 0 Å². The molecule has 2 aromatic heterocycles. The van der Waals surface area contributed by atoms with Crippen LogP contribution in [-0.2, 0) is 11.8 Å². The topological polar surface area (TPSA) is 45.8 Å². The fourth-order valence-corrected chi connectivity index (χ4v) is 3.88. The summed E-state index contributed by atoms with van der Waals surface area (Å²) in [5.74, 6) is 0.749. The van der Waals surface area contributed by atoms with Crippen LogP contribution in [0.4, 0.5) is 0 Å². The number of nitrogens with one attached hydrogen (secondary N) is 1. The van der Waals surface area contributed by atoms with Gasteiger partial charge in [0.2, 0.25) is 0 Å². The predicted molar refractivity (Wildman–Crippen MR) is 98.5 cm³/mol. The van der Waals surface area contributed by atoms with Crippen LogP contribution in [0, 0.1) is 6.92 Å². The molecule has 2 heterocycles. The number of aryl methyl sites for hydroxylation is 2. The van der Waals surface area contributed by atoms with E-state index in [9.17, 15) is 4.79 Å². The minimum atomic E-state index is -0.0360. The van der Waals surface area contributed by atoms with Crippen LogP contribution in [0.15, 0.2) is 29.1 Å². The van der Waals surface area contributed by atoms with Gasteiger partial charge < -0.3 is 4.98 Å². The summed E-state index contributed by atoms with van der Waals surface area (Å²) in [5, 5.41) is 0.716. The van der Waals surface area contributed by atoms with Gasteiger partial charge in [0.15, 0.2) is 0 Å². The lowest BCUT2D eigenvalue weighted by atomic mass is 9.86. The highest BCUT2D eigenvalue weighted by Crippen LogP contribution is 2.36. The monoisotopic (exact) mass is 326 g/mol. The third kappa shape index (κ3) is 2.83. The molecule has 0 aliphatic heterocycles. The molecule has 0 amide bonds. The van der Waals surface area contributed by atoms with Crippen LogP contribution in [0.25, 0.3) is 21.3 Å². The predicted octanol–water partition coefficient (Wildman–Crippen LogP) is 4.82. The first-order valence-corrected chi connectivity index (χ1v) is 8.76. The lowest BCUT2D eigenvalue weighted by Crippen LogP contribution is -2.11. The Morgan fingerprint density at radius 2 is 1.83 bits per heavy atom. The van der Waals surface area contributed by atoms with E-state index in [-0.39, 0.29) is 11.0 Å². The van der Waals surface area contributed by atoms with E-state index in [4.69, 9.17) is 0 Å². The molecule has 0 bridgehead atoms. The molecule has 1 aromatic carbocycles. The van der Waals surface area contributed by atoms with Crippen molar-refractivity contribution in [2.24, 2.45) is 0 Å². The van der Waals surface area contributed by atoms with Gasteiger partial charge in [-0.3, -0.25) is 4.79 Å². The van der Waals surface area contributed by atoms with E-state index in [1.807, 2.05) is 6.92 Å². The Morgan fingerprint density at radius 3 is 2.39 bits per heavy atom. The number of aromatic nitrogens is 2. The number of thiophene rings is 1. The lowest BCUT2D eigenvalue weighted by molar-refractivity contribution is 0.590. The Balaban J connectivity index is 2.20. The lowest BCUT2D eigenvalue weighted by Gasteiger charge is -2.19. The summed E-state index contributed by atoms with van der Waals surface area (Å²) < 4.78 is 0. The van der Waals surface area contributed by atoms with Crippen molar-refractivity contribution in [3.63, 3.8) is 0 Å². The molecule has 23 heavy (non-hydrogen) atoms.